The van der Waals surface area contributed by atoms with E-state index < -0.39 is 0 Å². The first-order valence-electron chi connectivity index (χ1n) is 6.81. The van der Waals surface area contributed by atoms with E-state index >= 15 is 0 Å². The van der Waals surface area contributed by atoms with Gasteiger partial charge in [-0.3, -0.25) is 4.79 Å². The van der Waals surface area contributed by atoms with Crippen molar-refractivity contribution < 1.29 is 4.79 Å². The highest BCUT2D eigenvalue weighted by atomic mass is 32.1. The number of thiazole rings is 1. The van der Waals surface area contributed by atoms with Crippen LogP contribution >= 0.6 is 11.3 Å². The fourth-order valence-corrected chi connectivity index (χ4v) is 3.00. The third-order valence-corrected chi connectivity index (χ3v) is 4.33. The van der Waals surface area contributed by atoms with Gasteiger partial charge in [-0.05, 0) is 13.8 Å². The van der Waals surface area contributed by atoms with Crippen LogP contribution in [0.25, 0.3) is 0 Å². The molecule has 0 unspecified atom stereocenters. The Bertz CT molecular complexity index is 678. The van der Waals surface area contributed by atoms with E-state index in [1.165, 1.54) is 0 Å². The minimum Gasteiger partial charge on any atom is -0.341 e. The molecule has 2 aromatic heterocycles. The van der Waals surface area contributed by atoms with Crippen molar-refractivity contribution in [2.24, 2.45) is 0 Å². The van der Waals surface area contributed by atoms with E-state index in [2.05, 4.69) is 20.3 Å². The molecule has 110 valence electrons. The number of nitrogens with zero attached hydrogens (tertiary/aromatic N) is 4. The summed E-state index contributed by atoms with van der Waals surface area (Å²) in [7, 11) is 0. The molecule has 21 heavy (non-hydrogen) atoms. The molecule has 1 N–H and O–H groups in total. The van der Waals surface area contributed by atoms with Crippen LogP contribution < -0.4 is 5.32 Å². The topological polar surface area (TPSA) is 71.0 Å². The quantitative estimate of drug-likeness (QED) is 0.941. The van der Waals surface area contributed by atoms with Gasteiger partial charge in [0.2, 0.25) is 5.91 Å². The largest absolute Gasteiger partial charge is 0.341 e. The summed E-state index contributed by atoms with van der Waals surface area (Å²) < 4.78 is 0. The number of carbonyl (C=O) groups is 1. The van der Waals surface area contributed by atoms with Crippen LogP contribution in [0.5, 0.6) is 0 Å². The van der Waals surface area contributed by atoms with E-state index in [9.17, 15) is 4.79 Å². The molecular formula is C14H17N5OS. The van der Waals surface area contributed by atoms with Gasteiger partial charge in [-0.15, -0.1) is 11.3 Å². The molecule has 0 bridgehead atoms. The maximum atomic E-state index is 11.3. The predicted molar refractivity (Wildman–Crippen MR) is 81.9 cm³/mol. The number of anilines is 2. The molecule has 1 aliphatic heterocycles. The SMILES string of the molecule is CC(=O)N1CC(c2cc(Nc3nc(C)cs3)nc(C)n2)C1. The van der Waals surface area contributed by atoms with Crippen LogP contribution in [0, 0.1) is 13.8 Å². The van der Waals surface area contributed by atoms with Gasteiger partial charge in [0.15, 0.2) is 5.13 Å². The fraction of sp³-hybridized carbons (Fsp3) is 0.429. The fourth-order valence-electron chi connectivity index (χ4n) is 2.31. The molecule has 3 rings (SSSR count). The summed E-state index contributed by atoms with van der Waals surface area (Å²) in [5, 5.41) is 6.04. The summed E-state index contributed by atoms with van der Waals surface area (Å²) in [5.41, 5.74) is 1.97. The third kappa shape index (κ3) is 3.02. The van der Waals surface area contributed by atoms with Crippen LogP contribution in [0.4, 0.5) is 10.9 Å². The lowest BCUT2D eigenvalue weighted by Gasteiger charge is -2.38. The molecule has 0 aromatic carbocycles. The normalized spacial score (nSPS) is 14.9. The monoisotopic (exact) mass is 303 g/mol. The molecule has 0 radical (unpaired) electrons. The predicted octanol–water partition coefficient (Wildman–Crippen LogP) is 2.24. The highest BCUT2D eigenvalue weighted by Crippen LogP contribution is 2.28. The van der Waals surface area contributed by atoms with Crippen LogP contribution in [0.1, 0.15) is 30.1 Å². The molecule has 7 heteroatoms. The number of amides is 1. The van der Waals surface area contributed by atoms with E-state index in [-0.39, 0.29) is 5.91 Å². The summed E-state index contributed by atoms with van der Waals surface area (Å²) in [6.07, 6.45) is 0. The van der Waals surface area contributed by atoms with Crippen LogP contribution in [-0.4, -0.2) is 38.8 Å². The number of aryl methyl sites for hydroxylation is 2. The van der Waals surface area contributed by atoms with Gasteiger partial charge in [0.05, 0.1) is 11.4 Å². The van der Waals surface area contributed by atoms with Crippen molar-refractivity contribution in [2.75, 3.05) is 18.4 Å². The second kappa shape index (κ2) is 5.40. The van der Waals surface area contributed by atoms with Crippen LogP contribution in [0.2, 0.25) is 0 Å². The highest BCUT2D eigenvalue weighted by Gasteiger charge is 2.31. The van der Waals surface area contributed by atoms with Gasteiger partial charge in [0.25, 0.3) is 0 Å². The van der Waals surface area contributed by atoms with Crippen LogP contribution in [-0.2, 0) is 4.79 Å². The van der Waals surface area contributed by atoms with Crippen molar-refractivity contribution in [3.63, 3.8) is 0 Å². The zero-order valence-corrected chi connectivity index (χ0v) is 13.1. The Morgan fingerprint density at radius 2 is 2.10 bits per heavy atom. The maximum absolute atomic E-state index is 11.3. The minimum absolute atomic E-state index is 0.119. The van der Waals surface area contributed by atoms with E-state index in [1.54, 1.807) is 18.3 Å². The van der Waals surface area contributed by atoms with Gasteiger partial charge in [-0.2, -0.15) is 0 Å². The first-order valence-corrected chi connectivity index (χ1v) is 7.69. The van der Waals surface area contributed by atoms with Crippen molar-refractivity contribution in [3.8, 4) is 0 Å². The molecule has 1 saturated heterocycles. The van der Waals surface area contributed by atoms with Gasteiger partial charge in [0.1, 0.15) is 11.6 Å². The Balaban J connectivity index is 1.76. The number of rotatable bonds is 3. The van der Waals surface area contributed by atoms with Gasteiger partial charge >= 0.3 is 0 Å². The lowest BCUT2D eigenvalue weighted by atomic mass is 9.96. The summed E-state index contributed by atoms with van der Waals surface area (Å²) in [6.45, 7) is 6.91. The minimum atomic E-state index is 0.119. The summed E-state index contributed by atoms with van der Waals surface area (Å²) >= 11 is 1.55. The van der Waals surface area contributed by atoms with Crippen molar-refractivity contribution >= 4 is 28.2 Å². The second-order valence-electron chi connectivity index (χ2n) is 5.27. The highest BCUT2D eigenvalue weighted by molar-refractivity contribution is 7.13. The third-order valence-electron chi connectivity index (χ3n) is 3.46. The summed E-state index contributed by atoms with van der Waals surface area (Å²) in [5.74, 6) is 1.90. The van der Waals surface area contributed by atoms with Gasteiger partial charge in [-0.1, -0.05) is 0 Å². The molecule has 6 nitrogen and oxygen atoms in total. The molecule has 1 aliphatic rings. The lowest BCUT2D eigenvalue weighted by molar-refractivity contribution is -0.133. The van der Waals surface area contributed by atoms with Crippen molar-refractivity contribution in [3.05, 3.63) is 28.7 Å². The van der Waals surface area contributed by atoms with E-state index in [4.69, 9.17) is 0 Å². The molecule has 3 heterocycles. The molecule has 1 amide bonds. The first kappa shape index (κ1) is 13.9. The van der Waals surface area contributed by atoms with E-state index in [0.29, 0.717) is 5.92 Å². The number of likely N-dealkylation sites (tertiary alicyclic amines) is 1. The van der Waals surface area contributed by atoms with Crippen LogP contribution in [0.3, 0.4) is 0 Å². The zero-order chi connectivity index (χ0) is 15.0. The van der Waals surface area contributed by atoms with Gasteiger partial charge in [-0.25, -0.2) is 15.0 Å². The molecule has 0 aliphatic carbocycles. The zero-order valence-electron chi connectivity index (χ0n) is 12.3. The Morgan fingerprint density at radius 1 is 1.33 bits per heavy atom. The number of hydrogen-bond donors (Lipinski definition) is 1. The average molecular weight is 303 g/mol. The van der Waals surface area contributed by atoms with Gasteiger partial charge in [0, 0.05) is 37.4 Å². The van der Waals surface area contributed by atoms with E-state index in [1.807, 2.05) is 30.2 Å². The van der Waals surface area contributed by atoms with Gasteiger partial charge < -0.3 is 10.2 Å². The lowest BCUT2D eigenvalue weighted by Crippen LogP contribution is -2.47. The Morgan fingerprint density at radius 3 is 2.71 bits per heavy atom. The molecule has 0 atom stereocenters. The number of hydrogen-bond acceptors (Lipinski definition) is 6. The number of nitrogens with one attached hydrogen (secondary N) is 1. The Kier molecular flexibility index (Phi) is 3.59. The van der Waals surface area contributed by atoms with Crippen molar-refractivity contribution in [2.45, 2.75) is 26.7 Å². The smallest absolute Gasteiger partial charge is 0.219 e. The van der Waals surface area contributed by atoms with E-state index in [0.717, 1.165) is 41.3 Å². The molecule has 2 aromatic rings. The first-order chi connectivity index (χ1) is 10.0. The van der Waals surface area contributed by atoms with Crippen molar-refractivity contribution in [1.29, 1.82) is 0 Å². The Hall–Kier alpha value is -2.02. The maximum Gasteiger partial charge on any atom is 0.219 e. The van der Waals surface area contributed by atoms with Crippen molar-refractivity contribution in [1.82, 2.24) is 19.9 Å². The average Bonchev–Trinajstić information content (AvgIpc) is 2.71. The molecular weight excluding hydrogens is 286 g/mol. The standard InChI is InChI=1S/C14H17N5OS/c1-8-7-21-14(15-8)18-13-4-12(16-9(2)17-13)11-5-19(6-11)10(3)20/h4,7,11H,5-6H2,1-3H3,(H,15,16,17,18). The van der Waals surface area contributed by atoms with Crippen LogP contribution in [0.15, 0.2) is 11.4 Å². The Labute approximate surface area is 127 Å². The molecule has 0 saturated carbocycles. The second-order valence-corrected chi connectivity index (χ2v) is 6.12. The molecule has 0 spiro atoms. The number of carbonyl (C=O) groups excluding carboxylic acids is 1. The summed E-state index contributed by atoms with van der Waals surface area (Å²) in [6, 6.07) is 1.95. The number of aromatic nitrogens is 3. The summed E-state index contributed by atoms with van der Waals surface area (Å²) in [4.78, 5) is 26.3. The molecule has 1 fully saturated rings.